The van der Waals surface area contributed by atoms with Crippen LogP contribution in [0.2, 0.25) is 0 Å². The second-order valence-electron chi connectivity index (χ2n) is 5.89. The number of amides is 1. The summed E-state index contributed by atoms with van der Waals surface area (Å²) in [4.78, 5) is 12.0. The van der Waals surface area contributed by atoms with Gasteiger partial charge in [0, 0.05) is 19.0 Å². The monoisotopic (exact) mass is 325 g/mol. The summed E-state index contributed by atoms with van der Waals surface area (Å²) in [6, 6.07) is 18.1. The van der Waals surface area contributed by atoms with Crippen LogP contribution in [0.5, 0.6) is 5.75 Å². The third kappa shape index (κ3) is 4.34. The van der Waals surface area contributed by atoms with Gasteiger partial charge in [-0.25, -0.2) is 0 Å². The number of rotatable bonds is 6. The van der Waals surface area contributed by atoms with Gasteiger partial charge in [0.05, 0.1) is 7.11 Å². The Kier molecular flexibility index (Phi) is 5.46. The van der Waals surface area contributed by atoms with E-state index in [2.05, 4.69) is 28.1 Å². The molecule has 5 heteroatoms. The number of methoxy groups -OCH3 is 1. The molecule has 1 amide bonds. The van der Waals surface area contributed by atoms with Crippen molar-refractivity contribution in [1.29, 1.82) is 0 Å². The van der Waals surface area contributed by atoms with E-state index in [1.54, 1.807) is 7.11 Å². The molecular weight excluding hydrogens is 302 g/mol. The van der Waals surface area contributed by atoms with Gasteiger partial charge in [0.15, 0.2) is 0 Å². The van der Waals surface area contributed by atoms with Crippen molar-refractivity contribution in [1.82, 2.24) is 16.0 Å². The summed E-state index contributed by atoms with van der Waals surface area (Å²) in [7, 11) is 1.66. The first-order valence-electron chi connectivity index (χ1n) is 8.21. The van der Waals surface area contributed by atoms with E-state index in [1.165, 1.54) is 5.56 Å². The van der Waals surface area contributed by atoms with Gasteiger partial charge in [-0.05, 0) is 29.7 Å². The molecule has 0 radical (unpaired) electrons. The van der Waals surface area contributed by atoms with Gasteiger partial charge in [0.1, 0.15) is 12.0 Å². The van der Waals surface area contributed by atoms with Crippen LogP contribution in [0.3, 0.4) is 0 Å². The summed E-state index contributed by atoms with van der Waals surface area (Å²) in [5.41, 5.74) is 2.36. The molecule has 2 aromatic rings. The van der Waals surface area contributed by atoms with Crippen LogP contribution in [0.25, 0.3) is 0 Å². The van der Waals surface area contributed by atoms with Gasteiger partial charge in [0.25, 0.3) is 0 Å². The molecule has 1 fully saturated rings. The lowest BCUT2D eigenvalue weighted by Gasteiger charge is -2.32. The summed E-state index contributed by atoms with van der Waals surface area (Å²) in [6.45, 7) is 0.770. The quantitative estimate of drug-likeness (QED) is 0.760. The summed E-state index contributed by atoms with van der Waals surface area (Å²) in [6.07, 6.45) is 1.13. The minimum Gasteiger partial charge on any atom is -0.497 e. The molecule has 3 N–H and O–H groups in total. The summed E-state index contributed by atoms with van der Waals surface area (Å²) >= 11 is 0. The van der Waals surface area contributed by atoms with Gasteiger partial charge in [-0.3, -0.25) is 15.4 Å². The van der Waals surface area contributed by atoms with Crippen molar-refractivity contribution >= 4 is 5.91 Å². The van der Waals surface area contributed by atoms with Crippen LogP contribution in [0.4, 0.5) is 0 Å². The molecule has 1 aliphatic rings. The molecule has 3 rings (SSSR count). The molecule has 1 saturated heterocycles. The number of benzene rings is 2. The molecule has 0 saturated carbocycles. The Morgan fingerprint density at radius 3 is 2.58 bits per heavy atom. The topological polar surface area (TPSA) is 62.4 Å². The van der Waals surface area contributed by atoms with Crippen molar-refractivity contribution in [2.24, 2.45) is 0 Å². The van der Waals surface area contributed by atoms with Gasteiger partial charge in [0.2, 0.25) is 5.91 Å². The maximum absolute atomic E-state index is 12.0. The van der Waals surface area contributed by atoms with Crippen LogP contribution in [-0.4, -0.2) is 25.9 Å². The van der Waals surface area contributed by atoms with Crippen molar-refractivity contribution in [3.8, 4) is 5.75 Å². The van der Waals surface area contributed by atoms with E-state index in [0.29, 0.717) is 6.42 Å². The van der Waals surface area contributed by atoms with E-state index >= 15 is 0 Å². The normalized spacial score (nSPS) is 20.5. The van der Waals surface area contributed by atoms with Crippen LogP contribution in [-0.2, 0) is 11.2 Å². The number of hydrogen-bond donors (Lipinski definition) is 3. The van der Waals surface area contributed by atoms with Crippen LogP contribution < -0.4 is 20.7 Å². The first-order chi connectivity index (χ1) is 11.7. The number of ether oxygens (including phenoxy) is 1. The van der Waals surface area contributed by atoms with Gasteiger partial charge in [-0.2, -0.15) is 0 Å². The van der Waals surface area contributed by atoms with E-state index in [9.17, 15) is 4.79 Å². The fourth-order valence-electron chi connectivity index (χ4n) is 2.87. The molecule has 0 bridgehead atoms. The zero-order valence-corrected chi connectivity index (χ0v) is 13.8. The standard InChI is InChI=1S/C19H23N3O2/c1-24-16-9-7-14(8-10-16)11-12-20-19-21-17(13-18(23)22-19)15-5-3-2-4-6-15/h2-10,17,19-21H,11-13H2,1H3,(H,22,23). The number of hydrogen-bond acceptors (Lipinski definition) is 4. The maximum Gasteiger partial charge on any atom is 0.224 e. The second kappa shape index (κ2) is 7.95. The Morgan fingerprint density at radius 1 is 1.12 bits per heavy atom. The largest absolute Gasteiger partial charge is 0.497 e. The van der Waals surface area contributed by atoms with Crippen molar-refractivity contribution in [2.75, 3.05) is 13.7 Å². The zero-order valence-electron chi connectivity index (χ0n) is 13.8. The van der Waals surface area contributed by atoms with E-state index in [-0.39, 0.29) is 18.2 Å². The average Bonchev–Trinajstić information content (AvgIpc) is 2.63. The fourth-order valence-corrected chi connectivity index (χ4v) is 2.87. The van der Waals surface area contributed by atoms with Crippen molar-refractivity contribution in [3.05, 3.63) is 65.7 Å². The lowest BCUT2D eigenvalue weighted by atomic mass is 10.0. The highest BCUT2D eigenvalue weighted by Gasteiger charge is 2.26. The lowest BCUT2D eigenvalue weighted by Crippen LogP contribution is -2.60. The van der Waals surface area contributed by atoms with E-state index in [1.807, 2.05) is 42.5 Å². The van der Waals surface area contributed by atoms with E-state index in [4.69, 9.17) is 4.74 Å². The Labute approximate surface area is 142 Å². The SMILES string of the molecule is COc1ccc(CCNC2NC(=O)CC(c3ccccc3)N2)cc1. The second-order valence-corrected chi connectivity index (χ2v) is 5.89. The molecule has 2 aromatic carbocycles. The molecule has 1 aliphatic heterocycles. The fraction of sp³-hybridized carbons (Fsp3) is 0.316. The highest BCUT2D eigenvalue weighted by molar-refractivity contribution is 5.77. The Hall–Kier alpha value is -2.37. The molecule has 24 heavy (non-hydrogen) atoms. The van der Waals surface area contributed by atoms with Gasteiger partial charge in [-0.1, -0.05) is 42.5 Å². The molecule has 1 heterocycles. The highest BCUT2D eigenvalue weighted by Crippen LogP contribution is 2.19. The van der Waals surface area contributed by atoms with Gasteiger partial charge < -0.3 is 10.1 Å². The predicted octanol–water partition coefficient (Wildman–Crippen LogP) is 1.96. The first-order valence-corrected chi connectivity index (χ1v) is 8.21. The molecule has 2 unspecified atom stereocenters. The number of nitrogens with one attached hydrogen (secondary N) is 3. The Bertz CT molecular complexity index is 658. The summed E-state index contributed by atoms with van der Waals surface area (Å²) in [5, 5.41) is 9.74. The average molecular weight is 325 g/mol. The molecule has 2 atom stereocenters. The summed E-state index contributed by atoms with van der Waals surface area (Å²) < 4.78 is 5.16. The van der Waals surface area contributed by atoms with Crippen LogP contribution in [0.1, 0.15) is 23.6 Å². The van der Waals surface area contributed by atoms with Gasteiger partial charge in [-0.15, -0.1) is 0 Å². The van der Waals surface area contributed by atoms with Crippen LogP contribution in [0, 0.1) is 0 Å². The van der Waals surface area contributed by atoms with Crippen molar-refractivity contribution in [2.45, 2.75) is 25.2 Å². The summed E-state index contributed by atoms with van der Waals surface area (Å²) in [5.74, 6) is 0.920. The number of carbonyl (C=O) groups excluding carboxylic acids is 1. The highest BCUT2D eigenvalue weighted by atomic mass is 16.5. The molecule has 0 aromatic heterocycles. The molecule has 0 aliphatic carbocycles. The first kappa shape index (κ1) is 16.5. The molecule has 0 spiro atoms. The maximum atomic E-state index is 12.0. The van der Waals surface area contributed by atoms with Crippen molar-refractivity contribution < 1.29 is 9.53 Å². The third-order valence-electron chi connectivity index (χ3n) is 4.19. The van der Waals surface area contributed by atoms with Crippen LogP contribution in [0.15, 0.2) is 54.6 Å². The predicted molar refractivity (Wildman–Crippen MR) is 93.6 cm³/mol. The van der Waals surface area contributed by atoms with Crippen molar-refractivity contribution in [3.63, 3.8) is 0 Å². The van der Waals surface area contributed by atoms with E-state index < -0.39 is 0 Å². The van der Waals surface area contributed by atoms with Gasteiger partial charge >= 0.3 is 0 Å². The van der Waals surface area contributed by atoms with Crippen LogP contribution >= 0.6 is 0 Å². The molecule has 5 nitrogen and oxygen atoms in total. The minimum atomic E-state index is -0.213. The number of carbonyl (C=O) groups is 1. The lowest BCUT2D eigenvalue weighted by molar-refractivity contribution is -0.124. The Morgan fingerprint density at radius 2 is 1.88 bits per heavy atom. The Balaban J connectivity index is 1.51. The molecular formula is C19H23N3O2. The molecule has 126 valence electrons. The smallest absolute Gasteiger partial charge is 0.224 e. The zero-order chi connectivity index (χ0) is 16.8. The third-order valence-corrected chi connectivity index (χ3v) is 4.19. The van der Waals surface area contributed by atoms with E-state index in [0.717, 1.165) is 24.3 Å². The minimum absolute atomic E-state index is 0.0402.